The molecule has 130 valence electrons. The Balaban J connectivity index is 4.21. The molecule has 0 aliphatic rings. The van der Waals surface area contributed by atoms with Crippen LogP contribution in [0.15, 0.2) is 4.99 Å². The second-order valence-electron chi connectivity index (χ2n) is 6.04. The summed E-state index contributed by atoms with van der Waals surface area (Å²) in [6, 6.07) is 0.193. The minimum Gasteiger partial charge on any atom is -0.357 e. The van der Waals surface area contributed by atoms with Gasteiger partial charge in [0.1, 0.15) is 0 Å². The summed E-state index contributed by atoms with van der Waals surface area (Å²) in [5.74, 6) is 1.54. The molecule has 3 N–H and O–H groups in total. The van der Waals surface area contributed by atoms with E-state index in [0.29, 0.717) is 18.9 Å². The van der Waals surface area contributed by atoms with Gasteiger partial charge in [-0.25, -0.2) is 0 Å². The molecule has 22 heavy (non-hydrogen) atoms. The van der Waals surface area contributed by atoms with Crippen molar-refractivity contribution in [2.75, 3.05) is 19.6 Å². The van der Waals surface area contributed by atoms with Crippen molar-refractivity contribution in [2.24, 2.45) is 10.9 Å². The maximum atomic E-state index is 11.6. The van der Waals surface area contributed by atoms with Gasteiger partial charge in [0, 0.05) is 32.1 Å². The maximum Gasteiger partial charge on any atom is 0.221 e. The Morgan fingerprint density at radius 3 is 2.41 bits per heavy atom. The minimum absolute atomic E-state index is 0.0766. The van der Waals surface area contributed by atoms with Crippen molar-refractivity contribution >= 4 is 11.9 Å². The van der Waals surface area contributed by atoms with Gasteiger partial charge in [0.15, 0.2) is 5.96 Å². The number of hydrogen-bond donors (Lipinski definition) is 3. The van der Waals surface area contributed by atoms with Gasteiger partial charge in [0.25, 0.3) is 0 Å². The van der Waals surface area contributed by atoms with Crippen LogP contribution in [0.2, 0.25) is 0 Å². The van der Waals surface area contributed by atoms with Crippen molar-refractivity contribution in [1.82, 2.24) is 16.0 Å². The van der Waals surface area contributed by atoms with Gasteiger partial charge in [-0.15, -0.1) is 0 Å². The quantitative estimate of drug-likeness (QED) is 0.406. The van der Waals surface area contributed by atoms with Gasteiger partial charge in [0.05, 0.1) is 0 Å². The van der Waals surface area contributed by atoms with E-state index in [4.69, 9.17) is 0 Å². The Hall–Kier alpha value is -1.26. The molecule has 1 unspecified atom stereocenters. The highest BCUT2D eigenvalue weighted by molar-refractivity contribution is 5.81. The third-order valence-electron chi connectivity index (χ3n) is 3.49. The molecule has 0 rings (SSSR count). The number of aliphatic imine (C=N–C) groups is 1. The molecule has 0 bridgehead atoms. The highest BCUT2D eigenvalue weighted by Gasteiger charge is 2.07. The molecule has 0 aromatic rings. The first kappa shape index (κ1) is 20.7. The fourth-order valence-corrected chi connectivity index (χ4v) is 2.17. The molecule has 1 amide bonds. The van der Waals surface area contributed by atoms with Gasteiger partial charge in [-0.2, -0.15) is 0 Å². The summed E-state index contributed by atoms with van der Waals surface area (Å²) >= 11 is 0. The monoisotopic (exact) mass is 312 g/mol. The number of hydrogen-bond acceptors (Lipinski definition) is 2. The smallest absolute Gasteiger partial charge is 0.221 e. The molecule has 0 saturated heterocycles. The normalized spacial score (nSPS) is 13.1. The molecule has 5 nitrogen and oxygen atoms in total. The van der Waals surface area contributed by atoms with E-state index in [-0.39, 0.29) is 11.9 Å². The van der Waals surface area contributed by atoms with E-state index in [2.05, 4.69) is 41.7 Å². The highest BCUT2D eigenvalue weighted by atomic mass is 16.1. The topological polar surface area (TPSA) is 65.5 Å². The largest absolute Gasteiger partial charge is 0.357 e. The van der Waals surface area contributed by atoms with Crippen LogP contribution in [-0.4, -0.2) is 37.5 Å². The summed E-state index contributed by atoms with van der Waals surface area (Å²) in [7, 11) is 0. The highest BCUT2D eigenvalue weighted by Crippen LogP contribution is 2.12. The first-order valence-electron chi connectivity index (χ1n) is 8.84. The lowest BCUT2D eigenvalue weighted by molar-refractivity contribution is -0.121. The van der Waals surface area contributed by atoms with E-state index in [9.17, 15) is 4.79 Å². The number of nitrogens with one attached hydrogen (secondary N) is 3. The van der Waals surface area contributed by atoms with Crippen LogP contribution in [0.5, 0.6) is 0 Å². The van der Waals surface area contributed by atoms with Crippen LogP contribution in [0.25, 0.3) is 0 Å². The van der Waals surface area contributed by atoms with E-state index in [1.807, 2.05) is 13.8 Å². The third kappa shape index (κ3) is 11.4. The number of unbranched alkanes of at least 4 members (excludes halogenated alkanes) is 1. The summed E-state index contributed by atoms with van der Waals surface area (Å²) < 4.78 is 0. The summed E-state index contributed by atoms with van der Waals surface area (Å²) in [5.41, 5.74) is 0. The summed E-state index contributed by atoms with van der Waals surface area (Å²) in [5, 5.41) is 9.37. The van der Waals surface area contributed by atoms with Crippen molar-refractivity contribution in [3.05, 3.63) is 0 Å². The predicted octanol–water partition coefficient (Wildman–Crippen LogP) is 2.67. The van der Waals surface area contributed by atoms with Crippen LogP contribution in [0.3, 0.4) is 0 Å². The van der Waals surface area contributed by atoms with E-state index in [0.717, 1.165) is 19.0 Å². The number of amides is 1. The zero-order valence-electron chi connectivity index (χ0n) is 15.2. The molecule has 0 spiro atoms. The van der Waals surface area contributed by atoms with Gasteiger partial charge in [0.2, 0.25) is 5.91 Å². The first-order chi connectivity index (χ1) is 10.5. The van der Waals surface area contributed by atoms with Crippen molar-refractivity contribution in [2.45, 2.75) is 72.8 Å². The molecule has 0 aromatic heterocycles. The number of guanidine groups is 1. The second kappa shape index (κ2) is 13.4. The van der Waals surface area contributed by atoms with Gasteiger partial charge < -0.3 is 16.0 Å². The van der Waals surface area contributed by atoms with Crippen LogP contribution in [0.4, 0.5) is 0 Å². The Morgan fingerprint density at radius 1 is 1.14 bits per heavy atom. The molecule has 1 atom stereocenters. The van der Waals surface area contributed by atoms with Gasteiger partial charge in [-0.1, -0.05) is 33.1 Å². The lowest BCUT2D eigenvalue weighted by Crippen LogP contribution is -2.40. The Kier molecular flexibility index (Phi) is 12.6. The summed E-state index contributed by atoms with van der Waals surface area (Å²) in [6.45, 7) is 12.7. The minimum atomic E-state index is 0.0766. The molecule has 0 heterocycles. The van der Waals surface area contributed by atoms with E-state index in [1.165, 1.54) is 25.7 Å². The molecule has 0 aromatic carbocycles. The fourth-order valence-electron chi connectivity index (χ4n) is 2.17. The Bertz CT molecular complexity index is 316. The van der Waals surface area contributed by atoms with Crippen LogP contribution < -0.4 is 16.0 Å². The summed E-state index contributed by atoms with van der Waals surface area (Å²) in [6.07, 6.45) is 5.39. The third-order valence-corrected chi connectivity index (χ3v) is 3.49. The molecular weight excluding hydrogens is 276 g/mol. The zero-order valence-corrected chi connectivity index (χ0v) is 15.2. The Labute approximate surface area is 136 Å². The first-order valence-corrected chi connectivity index (χ1v) is 8.84. The van der Waals surface area contributed by atoms with Crippen LogP contribution in [0, 0.1) is 5.92 Å². The van der Waals surface area contributed by atoms with Crippen LogP contribution >= 0.6 is 0 Å². The molecular formula is C17H36N4O. The zero-order chi connectivity index (χ0) is 16.8. The van der Waals surface area contributed by atoms with Gasteiger partial charge in [-0.3, -0.25) is 9.79 Å². The molecule has 0 fully saturated rings. The molecule has 0 saturated carbocycles. The number of carbonyl (C=O) groups is 1. The molecule has 0 aliphatic carbocycles. The van der Waals surface area contributed by atoms with E-state index < -0.39 is 0 Å². The Morgan fingerprint density at radius 2 is 1.86 bits per heavy atom. The average Bonchev–Trinajstić information content (AvgIpc) is 2.46. The number of carbonyl (C=O) groups excluding carboxylic acids is 1. The van der Waals surface area contributed by atoms with Crippen LogP contribution in [0.1, 0.15) is 66.7 Å². The molecule has 0 aliphatic heterocycles. The standard InChI is InChI=1S/C17H36N4O/c1-6-9-10-15(7-2)13-20-17(18-8-3)19-12-11-16(22)21-14(4)5/h14-15H,6-13H2,1-5H3,(H,21,22)(H2,18,19,20). The van der Waals surface area contributed by atoms with Crippen molar-refractivity contribution in [3.8, 4) is 0 Å². The number of rotatable bonds is 11. The molecule has 5 heteroatoms. The van der Waals surface area contributed by atoms with Crippen molar-refractivity contribution in [3.63, 3.8) is 0 Å². The van der Waals surface area contributed by atoms with E-state index in [1.54, 1.807) is 0 Å². The van der Waals surface area contributed by atoms with Crippen molar-refractivity contribution in [1.29, 1.82) is 0 Å². The average molecular weight is 313 g/mol. The maximum absolute atomic E-state index is 11.6. The fraction of sp³-hybridized carbons (Fsp3) is 0.882. The molecule has 0 radical (unpaired) electrons. The van der Waals surface area contributed by atoms with Crippen LogP contribution in [-0.2, 0) is 4.79 Å². The second-order valence-corrected chi connectivity index (χ2v) is 6.04. The lowest BCUT2D eigenvalue weighted by Gasteiger charge is -2.15. The van der Waals surface area contributed by atoms with E-state index >= 15 is 0 Å². The number of nitrogens with zero attached hydrogens (tertiary/aromatic N) is 1. The van der Waals surface area contributed by atoms with Crippen molar-refractivity contribution < 1.29 is 4.79 Å². The SMILES string of the molecule is CCCCC(CC)CN=C(NCC)NCCC(=O)NC(C)C. The lowest BCUT2D eigenvalue weighted by atomic mass is 10.00. The van der Waals surface area contributed by atoms with Gasteiger partial charge in [-0.05, 0) is 33.1 Å². The predicted molar refractivity (Wildman–Crippen MR) is 95.2 cm³/mol. The van der Waals surface area contributed by atoms with Gasteiger partial charge >= 0.3 is 0 Å². The summed E-state index contributed by atoms with van der Waals surface area (Å²) in [4.78, 5) is 16.3.